The maximum atomic E-state index is 12.3. The summed E-state index contributed by atoms with van der Waals surface area (Å²) >= 11 is 0. The number of carbonyl (C=O) groups is 2. The fourth-order valence-corrected chi connectivity index (χ4v) is 2.58. The summed E-state index contributed by atoms with van der Waals surface area (Å²) in [4.78, 5) is 26.1. The van der Waals surface area contributed by atoms with E-state index in [1.165, 1.54) is 6.42 Å². The number of carbonyl (C=O) groups excluding carboxylic acids is 2. The summed E-state index contributed by atoms with van der Waals surface area (Å²) in [6, 6.07) is 1.84. The Kier molecular flexibility index (Phi) is 4.82. The number of ether oxygens (including phenoxy) is 1. The maximum absolute atomic E-state index is 12.3. The molecule has 0 saturated carbocycles. The number of amides is 1. The first-order valence-corrected chi connectivity index (χ1v) is 7.24. The largest absolute Gasteiger partial charge is 0.461 e. The van der Waals surface area contributed by atoms with Crippen LogP contribution in [-0.2, 0) is 16.1 Å². The third kappa shape index (κ3) is 3.21. The van der Waals surface area contributed by atoms with Gasteiger partial charge >= 0.3 is 5.97 Å². The predicted octanol–water partition coefficient (Wildman–Crippen LogP) is 1.99. The summed E-state index contributed by atoms with van der Waals surface area (Å²) in [5.41, 5.74) is 1.33. The lowest BCUT2D eigenvalue weighted by Gasteiger charge is -2.27. The highest BCUT2D eigenvalue weighted by Crippen LogP contribution is 2.14. The number of aryl methyl sites for hydroxylation is 1. The molecule has 5 nitrogen and oxygen atoms in total. The third-order valence-electron chi connectivity index (χ3n) is 3.65. The maximum Gasteiger partial charge on any atom is 0.355 e. The molecule has 20 heavy (non-hydrogen) atoms. The Hall–Kier alpha value is -1.78. The fraction of sp³-hybridized carbons (Fsp3) is 0.600. The molecular weight excluding hydrogens is 256 g/mol. The van der Waals surface area contributed by atoms with Crippen LogP contribution in [0.4, 0.5) is 0 Å². The molecule has 2 rings (SSSR count). The van der Waals surface area contributed by atoms with Gasteiger partial charge in [0.1, 0.15) is 12.2 Å². The first-order valence-electron chi connectivity index (χ1n) is 7.24. The minimum absolute atomic E-state index is 0.0749. The lowest BCUT2D eigenvalue weighted by molar-refractivity contribution is -0.132. The van der Waals surface area contributed by atoms with Gasteiger partial charge in [-0.3, -0.25) is 4.79 Å². The molecule has 1 amide bonds. The van der Waals surface area contributed by atoms with Gasteiger partial charge in [-0.25, -0.2) is 4.79 Å². The van der Waals surface area contributed by atoms with E-state index in [-0.39, 0.29) is 18.4 Å². The van der Waals surface area contributed by atoms with Crippen LogP contribution in [0.1, 0.15) is 42.2 Å². The van der Waals surface area contributed by atoms with E-state index in [2.05, 4.69) is 0 Å². The lowest BCUT2D eigenvalue weighted by Crippen LogP contribution is -2.38. The standard InChI is InChI=1S/C15H22N2O3/c1-3-20-15(19)14-12(2)7-10-17(14)11-13(18)16-8-5-4-6-9-16/h7,10H,3-6,8-9,11H2,1-2H3. The highest BCUT2D eigenvalue weighted by molar-refractivity contribution is 5.90. The normalized spacial score (nSPS) is 15.2. The van der Waals surface area contributed by atoms with E-state index < -0.39 is 0 Å². The van der Waals surface area contributed by atoms with Crippen molar-refractivity contribution in [2.75, 3.05) is 19.7 Å². The van der Waals surface area contributed by atoms with E-state index in [1.54, 1.807) is 17.7 Å². The second-order valence-electron chi connectivity index (χ2n) is 5.14. The van der Waals surface area contributed by atoms with Crippen molar-refractivity contribution in [3.63, 3.8) is 0 Å². The molecule has 1 saturated heterocycles. The number of hydrogen-bond donors (Lipinski definition) is 0. The topological polar surface area (TPSA) is 51.5 Å². The molecule has 2 heterocycles. The van der Waals surface area contributed by atoms with Gasteiger partial charge in [0.25, 0.3) is 0 Å². The van der Waals surface area contributed by atoms with E-state index in [0.29, 0.717) is 12.3 Å². The smallest absolute Gasteiger partial charge is 0.355 e. The quantitative estimate of drug-likeness (QED) is 0.791. The molecule has 0 bridgehead atoms. The zero-order chi connectivity index (χ0) is 14.5. The fourth-order valence-electron chi connectivity index (χ4n) is 2.58. The Morgan fingerprint density at radius 2 is 1.95 bits per heavy atom. The van der Waals surface area contributed by atoms with E-state index in [0.717, 1.165) is 31.5 Å². The van der Waals surface area contributed by atoms with Crippen LogP contribution in [0.15, 0.2) is 12.3 Å². The van der Waals surface area contributed by atoms with Crippen LogP contribution < -0.4 is 0 Å². The van der Waals surface area contributed by atoms with Gasteiger partial charge in [0.05, 0.1) is 6.61 Å². The van der Waals surface area contributed by atoms with E-state index >= 15 is 0 Å². The molecule has 1 aromatic heterocycles. The van der Waals surface area contributed by atoms with Crippen molar-refractivity contribution in [2.45, 2.75) is 39.7 Å². The molecule has 1 fully saturated rings. The number of hydrogen-bond acceptors (Lipinski definition) is 3. The Morgan fingerprint density at radius 1 is 1.25 bits per heavy atom. The Labute approximate surface area is 119 Å². The monoisotopic (exact) mass is 278 g/mol. The van der Waals surface area contributed by atoms with Gasteiger partial charge in [0.2, 0.25) is 5.91 Å². The molecule has 1 aliphatic rings. The summed E-state index contributed by atoms with van der Waals surface area (Å²) in [6.07, 6.45) is 5.12. The molecule has 0 radical (unpaired) electrons. The summed E-state index contributed by atoms with van der Waals surface area (Å²) in [5, 5.41) is 0. The number of piperidine rings is 1. The third-order valence-corrected chi connectivity index (χ3v) is 3.65. The van der Waals surface area contributed by atoms with Gasteiger partial charge in [0.15, 0.2) is 0 Å². The number of nitrogens with zero attached hydrogens (tertiary/aromatic N) is 2. The summed E-state index contributed by atoms with van der Waals surface area (Å²) in [5.74, 6) is -0.285. The van der Waals surface area contributed by atoms with Crippen molar-refractivity contribution >= 4 is 11.9 Å². The van der Waals surface area contributed by atoms with Crippen LogP contribution in [0.3, 0.4) is 0 Å². The molecule has 0 aromatic carbocycles. The molecule has 0 aliphatic carbocycles. The average molecular weight is 278 g/mol. The van der Waals surface area contributed by atoms with Crippen molar-refractivity contribution in [3.05, 3.63) is 23.5 Å². The van der Waals surface area contributed by atoms with Crippen LogP contribution in [0.25, 0.3) is 0 Å². The zero-order valence-corrected chi connectivity index (χ0v) is 12.2. The van der Waals surface area contributed by atoms with Crippen molar-refractivity contribution in [1.82, 2.24) is 9.47 Å². The Balaban J connectivity index is 2.09. The van der Waals surface area contributed by atoms with Crippen molar-refractivity contribution in [3.8, 4) is 0 Å². The van der Waals surface area contributed by atoms with Crippen LogP contribution in [-0.4, -0.2) is 41.0 Å². The van der Waals surface area contributed by atoms with Crippen LogP contribution >= 0.6 is 0 Å². The lowest BCUT2D eigenvalue weighted by atomic mass is 10.1. The van der Waals surface area contributed by atoms with Gasteiger partial charge in [0, 0.05) is 19.3 Å². The second kappa shape index (κ2) is 6.59. The summed E-state index contributed by atoms with van der Waals surface area (Å²) in [6.45, 7) is 5.83. The molecule has 1 aromatic rings. The van der Waals surface area contributed by atoms with Gasteiger partial charge in [-0.05, 0) is 44.7 Å². The van der Waals surface area contributed by atoms with Crippen LogP contribution in [0.5, 0.6) is 0 Å². The first-order chi connectivity index (χ1) is 9.63. The van der Waals surface area contributed by atoms with Gasteiger partial charge in [-0.1, -0.05) is 0 Å². The van der Waals surface area contributed by atoms with Crippen molar-refractivity contribution in [1.29, 1.82) is 0 Å². The van der Waals surface area contributed by atoms with Crippen molar-refractivity contribution in [2.24, 2.45) is 0 Å². The van der Waals surface area contributed by atoms with E-state index in [4.69, 9.17) is 4.74 Å². The first kappa shape index (κ1) is 14.6. The molecule has 0 N–H and O–H groups in total. The summed E-state index contributed by atoms with van der Waals surface area (Å²) < 4.78 is 6.75. The average Bonchev–Trinajstić information content (AvgIpc) is 2.81. The van der Waals surface area contributed by atoms with Crippen LogP contribution in [0.2, 0.25) is 0 Å². The van der Waals surface area contributed by atoms with Crippen LogP contribution in [0, 0.1) is 6.92 Å². The number of likely N-dealkylation sites (tertiary alicyclic amines) is 1. The zero-order valence-electron chi connectivity index (χ0n) is 12.2. The highest BCUT2D eigenvalue weighted by Gasteiger charge is 2.21. The molecule has 0 spiro atoms. The molecule has 0 atom stereocenters. The van der Waals surface area contributed by atoms with Gasteiger partial charge in [-0.15, -0.1) is 0 Å². The number of aromatic nitrogens is 1. The number of rotatable bonds is 4. The van der Waals surface area contributed by atoms with E-state index in [9.17, 15) is 9.59 Å². The second-order valence-corrected chi connectivity index (χ2v) is 5.14. The van der Waals surface area contributed by atoms with E-state index in [1.807, 2.05) is 17.9 Å². The minimum atomic E-state index is -0.360. The molecule has 110 valence electrons. The molecule has 0 unspecified atom stereocenters. The molecule has 5 heteroatoms. The molecular formula is C15H22N2O3. The summed E-state index contributed by atoms with van der Waals surface area (Å²) in [7, 11) is 0. The minimum Gasteiger partial charge on any atom is -0.461 e. The highest BCUT2D eigenvalue weighted by atomic mass is 16.5. The van der Waals surface area contributed by atoms with Crippen molar-refractivity contribution < 1.29 is 14.3 Å². The number of esters is 1. The van der Waals surface area contributed by atoms with Gasteiger partial charge < -0.3 is 14.2 Å². The van der Waals surface area contributed by atoms with Gasteiger partial charge in [-0.2, -0.15) is 0 Å². The Morgan fingerprint density at radius 3 is 2.60 bits per heavy atom. The molecule has 1 aliphatic heterocycles. The Bertz CT molecular complexity index is 487. The SMILES string of the molecule is CCOC(=O)c1c(C)ccn1CC(=O)N1CCCCC1. The predicted molar refractivity (Wildman–Crippen MR) is 75.6 cm³/mol.